The molecule has 0 bridgehead atoms. The van der Waals surface area contributed by atoms with Crippen LogP contribution in [0.4, 0.5) is 22.7 Å². The number of amides is 2. The number of carbonyl (C=O) groups excluding carboxylic acids is 2. The monoisotopic (exact) mass is 502 g/mol. The number of sulfonamides is 2. The van der Waals surface area contributed by atoms with E-state index >= 15 is 0 Å². The van der Waals surface area contributed by atoms with Crippen LogP contribution in [0.5, 0.6) is 0 Å². The Hall–Kier alpha value is -3.90. The van der Waals surface area contributed by atoms with Crippen LogP contribution in [-0.4, -0.2) is 28.6 Å². The molecule has 178 valence electrons. The van der Waals surface area contributed by atoms with E-state index in [0.717, 1.165) is 0 Å². The molecule has 0 unspecified atom stereocenters. The minimum Gasteiger partial charge on any atom is -0.326 e. The van der Waals surface area contributed by atoms with Gasteiger partial charge in [0.1, 0.15) is 0 Å². The Morgan fingerprint density at radius 3 is 1.24 bits per heavy atom. The fourth-order valence-electron chi connectivity index (χ4n) is 2.92. The van der Waals surface area contributed by atoms with Crippen LogP contribution in [0.3, 0.4) is 0 Å². The van der Waals surface area contributed by atoms with Crippen molar-refractivity contribution in [2.24, 2.45) is 0 Å². The number of hydrogen-bond donors (Lipinski definition) is 4. The van der Waals surface area contributed by atoms with Crippen LogP contribution in [0.2, 0.25) is 0 Å². The van der Waals surface area contributed by atoms with E-state index in [9.17, 15) is 26.4 Å². The second-order valence-corrected chi connectivity index (χ2v) is 10.6. The van der Waals surface area contributed by atoms with Gasteiger partial charge in [0, 0.05) is 25.2 Å². The quantitative estimate of drug-likeness (QED) is 0.371. The van der Waals surface area contributed by atoms with E-state index in [0.29, 0.717) is 11.4 Å². The molecule has 3 aromatic rings. The molecule has 0 saturated carbocycles. The highest BCUT2D eigenvalue weighted by Gasteiger charge is 2.17. The highest BCUT2D eigenvalue weighted by atomic mass is 32.2. The first-order valence-electron chi connectivity index (χ1n) is 9.86. The number of nitrogens with one attached hydrogen (secondary N) is 4. The van der Waals surface area contributed by atoms with Crippen LogP contribution in [0, 0.1) is 0 Å². The minimum atomic E-state index is -3.96. The summed E-state index contributed by atoms with van der Waals surface area (Å²) in [6.07, 6.45) is 0. The lowest BCUT2D eigenvalue weighted by Gasteiger charge is -2.12. The standard InChI is InChI=1S/C22H22N4O6S2/c1-15(27)23-17-6-10-21(11-7-17)33(29,30)25-19-4-3-5-20(14-19)26-34(31,32)22-12-8-18(9-13-22)24-16(2)28/h3-14,25-26H,1-2H3,(H,23,27)(H,24,28). The van der Waals surface area contributed by atoms with Gasteiger partial charge in [0.15, 0.2) is 0 Å². The van der Waals surface area contributed by atoms with Crippen molar-refractivity contribution in [2.45, 2.75) is 23.6 Å². The lowest BCUT2D eigenvalue weighted by molar-refractivity contribution is -0.115. The maximum atomic E-state index is 12.7. The zero-order valence-corrected chi connectivity index (χ0v) is 19.8. The summed E-state index contributed by atoms with van der Waals surface area (Å²) in [5.74, 6) is -0.562. The highest BCUT2D eigenvalue weighted by Crippen LogP contribution is 2.23. The van der Waals surface area contributed by atoms with Crippen molar-refractivity contribution in [2.75, 3.05) is 20.1 Å². The van der Waals surface area contributed by atoms with Crippen molar-refractivity contribution in [1.29, 1.82) is 0 Å². The summed E-state index contributed by atoms with van der Waals surface area (Å²) < 4.78 is 55.6. The number of hydrogen-bond acceptors (Lipinski definition) is 6. The predicted octanol–water partition coefficient (Wildman–Crippen LogP) is 3.21. The zero-order chi connectivity index (χ0) is 24.9. The Balaban J connectivity index is 1.75. The molecule has 3 aromatic carbocycles. The van der Waals surface area contributed by atoms with E-state index in [2.05, 4.69) is 20.1 Å². The van der Waals surface area contributed by atoms with Gasteiger partial charge in [0.2, 0.25) is 11.8 Å². The number of rotatable bonds is 8. The second kappa shape index (κ2) is 9.93. The molecule has 0 radical (unpaired) electrons. The molecule has 0 fully saturated rings. The average molecular weight is 503 g/mol. The van der Waals surface area contributed by atoms with Crippen molar-refractivity contribution < 1.29 is 26.4 Å². The maximum Gasteiger partial charge on any atom is 0.261 e. The molecule has 12 heteroatoms. The van der Waals surface area contributed by atoms with Crippen LogP contribution in [0.25, 0.3) is 0 Å². The molecule has 10 nitrogen and oxygen atoms in total. The first-order valence-corrected chi connectivity index (χ1v) is 12.8. The molecule has 0 aliphatic heterocycles. The molecule has 0 heterocycles. The molecule has 0 saturated heterocycles. The SMILES string of the molecule is CC(=O)Nc1ccc(S(=O)(=O)Nc2cccc(NS(=O)(=O)c3ccc(NC(C)=O)cc3)c2)cc1. The summed E-state index contributed by atoms with van der Waals surface area (Å²) in [6, 6.07) is 17.0. The van der Waals surface area contributed by atoms with Crippen molar-refractivity contribution >= 4 is 54.6 Å². The van der Waals surface area contributed by atoms with E-state index in [1.807, 2.05) is 0 Å². The fourth-order valence-corrected chi connectivity index (χ4v) is 5.01. The number of benzene rings is 3. The molecule has 3 rings (SSSR count). The van der Waals surface area contributed by atoms with Gasteiger partial charge >= 0.3 is 0 Å². The Kier molecular flexibility index (Phi) is 7.23. The lowest BCUT2D eigenvalue weighted by Crippen LogP contribution is -2.15. The van der Waals surface area contributed by atoms with E-state index in [1.165, 1.54) is 86.6 Å². The van der Waals surface area contributed by atoms with Gasteiger partial charge in [-0.15, -0.1) is 0 Å². The summed E-state index contributed by atoms with van der Waals surface area (Å²) >= 11 is 0. The van der Waals surface area contributed by atoms with Crippen molar-refractivity contribution in [3.8, 4) is 0 Å². The van der Waals surface area contributed by atoms with Crippen LogP contribution < -0.4 is 20.1 Å². The van der Waals surface area contributed by atoms with Crippen LogP contribution in [0.1, 0.15) is 13.8 Å². The van der Waals surface area contributed by atoms with Crippen molar-refractivity contribution in [3.63, 3.8) is 0 Å². The first-order chi connectivity index (χ1) is 15.9. The predicted molar refractivity (Wildman–Crippen MR) is 130 cm³/mol. The average Bonchev–Trinajstić information content (AvgIpc) is 2.73. The Labute approximate surface area is 197 Å². The third-order valence-corrected chi connectivity index (χ3v) is 7.13. The molecule has 0 aliphatic carbocycles. The molecule has 0 aromatic heterocycles. The van der Waals surface area contributed by atoms with Gasteiger partial charge < -0.3 is 10.6 Å². The summed E-state index contributed by atoms with van der Waals surface area (Å²) in [6.45, 7) is 2.68. The van der Waals surface area contributed by atoms with Crippen molar-refractivity contribution in [1.82, 2.24) is 0 Å². The molecule has 0 atom stereocenters. The Bertz CT molecular complexity index is 1310. The molecular weight excluding hydrogens is 480 g/mol. The van der Waals surface area contributed by atoms with E-state index in [4.69, 9.17) is 0 Å². The summed E-state index contributed by atoms with van der Waals surface area (Å²) in [4.78, 5) is 22.1. The minimum absolute atomic E-state index is 0.0353. The van der Waals surface area contributed by atoms with Gasteiger partial charge in [-0.05, 0) is 66.7 Å². The fraction of sp³-hybridized carbons (Fsp3) is 0.0909. The molecule has 4 N–H and O–H groups in total. The highest BCUT2D eigenvalue weighted by molar-refractivity contribution is 7.93. The van der Waals surface area contributed by atoms with Gasteiger partial charge in [0.25, 0.3) is 20.0 Å². The van der Waals surface area contributed by atoms with E-state index < -0.39 is 20.0 Å². The third kappa shape index (κ3) is 6.56. The summed E-state index contributed by atoms with van der Waals surface area (Å²) in [7, 11) is -7.92. The number of carbonyl (C=O) groups is 2. The normalized spacial score (nSPS) is 11.4. The molecular formula is C22H22N4O6S2. The van der Waals surface area contributed by atoms with E-state index in [1.54, 1.807) is 0 Å². The molecule has 0 spiro atoms. The molecule has 2 amide bonds. The van der Waals surface area contributed by atoms with E-state index in [-0.39, 0.29) is 33.0 Å². The lowest BCUT2D eigenvalue weighted by atomic mass is 10.3. The smallest absolute Gasteiger partial charge is 0.261 e. The van der Waals surface area contributed by atoms with Gasteiger partial charge in [-0.3, -0.25) is 19.0 Å². The first kappa shape index (κ1) is 24.7. The van der Waals surface area contributed by atoms with Crippen LogP contribution >= 0.6 is 0 Å². The Morgan fingerprint density at radius 2 is 0.912 bits per heavy atom. The van der Waals surface area contributed by atoms with Crippen LogP contribution in [0.15, 0.2) is 82.6 Å². The molecule has 34 heavy (non-hydrogen) atoms. The maximum absolute atomic E-state index is 12.7. The second-order valence-electron chi connectivity index (χ2n) is 7.20. The van der Waals surface area contributed by atoms with Gasteiger partial charge in [0.05, 0.1) is 21.2 Å². The Morgan fingerprint density at radius 1 is 0.559 bits per heavy atom. The largest absolute Gasteiger partial charge is 0.326 e. The summed E-state index contributed by atoms with van der Waals surface area (Å²) in [5.41, 5.74) is 1.19. The summed E-state index contributed by atoms with van der Waals surface area (Å²) in [5, 5.41) is 5.10. The topological polar surface area (TPSA) is 151 Å². The zero-order valence-electron chi connectivity index (χ0n) is 18.2. The number of anilines is 4. The molecule has 0 aliphatic rings. The van der Waals surface area contributed by atoms with Crippen molar-refractivity contribution in [3.05, 3.63) is 72.8 Å². The third-order valence-electron chi connectivity index (χ3n) is 4.34. The van der Waals surface area contributed by atoms with Gasteiger partial charge in [-0.1, -0.05) is 6.07 Å². The van der Waals surface area contributed by atoms with Gasteiger partial charge in [-0.2, -0.15) is 0 Å². The van der Waals surface area contributed by atoms with Crippen LogP contribution in [-0.2, 0) is 29.6 Å². The van der Waals surface area contributed by atoms with Gasteiger partial charge in [-0.25, -0.2) is 16.8 Å².